The third-order valence-electron chi connectivity index (χ3n) is 4.50. The Balaban J connectivity index is 1.77. The van der Waals surface area contributed by atoms with Crippen LogP contribution in [0.4, 0.5) is 4.39 Å². The average molecular weight is 373 g/mol. The number of pyridine rings is 2. The van der Waals surface area contributed by atoms with Crippen molar-refractivity contribution in [3.05, 3.63) is 112 Å². The number of amides is 1. The smallest absolute Gasteiger partial charge is 0.252 e. The number of hydrogen-bond donors (Lipinski definition) is 2. The summed E-state index contributed by atoms with van der Waals surface area (Å²) in [5.41, 5.74) is 1.74. The maximum atomic E-state index is 13.5. The van der Waals surface area contributed by atoms with E-state index in [1.165, 1.54) is 24.3 Å². The number of nitrogens with zero attached hydrogens (tertiary/aromatic N) is 1. The molecule has 2 N–H and O–H groups in total. The third-order valence-corrected chi connectivity index (χ3v) is 4.50. The summed E-state index contributed by atoms with van der Waals surface area (Å²) >= 11 is 0. The third kappa shape index (κ3) is 3.53. The van der Waals surface area contributed by atoms with Crippen LogP contribution in [0.5, 0.6) is 0 Å². The molecule has 28 heavy (non-hydrogen) atoms. The first-order chi connectivity index (χ1) is 13.6. The Bertz CT molecular complexity index is 1150. The number of halogens is 1. The van der Waals surface area contributed by atoms with E-state index < -0.39 is 23.3 Å². The fourth-order valence-corrected chi connectivity index (χ4v) is 3.19. The van der Waals surface area contributed by atoms with Gasteiger partial charge in [0, 0.05) is 23.8 Å². The molecule has 0 saturated carbocycles. The molecule has 0 fully saturated rings. The predicted octanol–water partition coefficient (Wildman–Crippen LogP) is 3.58. The molecule has 0 saturated heterocycles. The van der Waals surface area contributed by atoms with Gasteiger partial charge in [-0.1, -0.05) is 30.3 Å². The Labute approximate surface area is 159 Å². The predicted molar refractivity (Wildman–Crippen MR) is 105 cm³/mol. The molecule has 0 radical (unpaired) electrons. The Morgan fingerprint density at radius 2 is 1.68 bits per heavy atom. The molecule has 4 aromatic rings. The fraction of sp³-hybridized carbons (Fsp3) is 0.0455. The molecule has 0 spiro atoms. The van der Waals surface area contributed by atoms with Crippen molar-refractivity contribution in [3.63, 3.8) is 0 Å². The summed E-state index contributed by atoms with van der Waals surface area (Å²) in [7, 11) is 0. The topological polar surface area (TPSA) is 74.8 Å². The number of H-pyrrole nitrogens is 1. The number of carbonyl (C=O) groups is 1. The van der Waals surface area contributed by atoms with Gasteiger partial charge < -0.3 is 10.3 Å². The molecule has 138 valence electrons. The van der Waals surface area contributed by atoms with Gasteiger partial charge in [-0.25, -0.2) is 4.39 Å². The molecular weight excluding hydrogens is 357 g/mol. The van der Waals surface area contributed by atoms with Crippen LogP contribution in [-0.2, 0) is 0 Å². The van der Waals surface area contributed by atoms with Crippen LogP contribution in [0.15, 0.2) is 83.9 Å². The summed E-state index contributed by atoms with van der Waals surface area (Å²) in [6.07, 6.45) is 3.31. The second-order valence-corrected chi connectivity index (χ2v) is 6.33. The van der Waals surface area contributed by atoms with Crippen molar-refractivity contribution < 1.29 is 9.18 Å². The van der Waals surface area contributed by atoms with Crippen molar-refractivity contribution in [2.24, 2.45) is 0 Å². The van der Waals surface area contributed by atoms with E-state index in [2.05, 4.69) is 15.3 Å². The number of aromatic amines is 1. The Hall–Kier alpha value is -3.80. The maximum Gasteiger partial charge on any atom is 0.252 e. The minimum absolute atomic E-state index is 0.189. The largest absolute Gasteiger partial charge is 0.341 e. The van der Waals surface area contributed by atoms with Crippen LogP contribution >= 0.6 is 0 Å². The number of carbonyl (C=O) groups excluding carboxylic acids is 1. The van der Waals surface area contributed by atoms with E-state index in [0.29, 0.717) is 5.39 Å². The first kappa shape index (κ1) is 17.6. The summed E-state index contributed by atoms with van der Waals surface area (Å²) in [6.45, 7) is 0. The summed E-state index contributed by atoms with van der Waals surface area (Å²) in [5, 5.41) is 3.46. The van der Waals surface area contributed by atoms with Crippen molar-refractivity contribution in [1.29, 1.82) is 0 Å². The van der Waals surface area contributed by atoms with E-state index in [0.717, 1.165) is 11.1 Å². The maximum absolute atomic E-state index is 13.5. The van der Waals surface area contributed by atoms with Crippen LogP contribution in [0.2, 0.25) is 0 Å². The summed E-state index contributed by atoms with van der Waals surface area (Å²) in [6, 6.07) is 17.9. The van der Waals surface area contributed by atoms with Gasteiger partial charge in [0.05, 0.1) is 17.1 Å². The standard InChI is InChI=1S/C22H16FN3O2/c23-16-6-7-17-18(13-20(27)25-19(17)12-16)22(28)26-21(14-4-2-1-3-5-14)15-8-10-24-11-9-15/h1-13,21H,(H,25,27)(H,26,28)/t21-/m1/s1. The van der Waals surface area contributed by atoms with Gasteiger partial charge >= 0.3 is 0 Å². The average Bonchev–Trinajstić information content (AvgIpc) is 2.72. The normalized spacial score (nSPS) is 11.9. The van der Waals surface area contributed by atoms with E-state index >= 15 is 0 Å². The van der Waals surface area contributed by atoms with Crippen molar-refractivity contribution in [3.8, 4) is 0 Å². The molecule has 4 rings (SSSR count). The Kier molecular flexibility index (Phi) is 4.68. The molecule has 1 atom stereocenters. The molecule has 1 amide bonds. The van der Waals surface area contributed by atoms with Gasteiger partial charge in [-0.15, -0.1) is 0 Å². The summed E-state index contributed by atoms with van der Waals surface area (Å²) < 4.78 is 13.5. The summed E-state index contributed by atoms with van der Waals surface area (Å²) in [5.74, 6) is -0.909. The van der Waals surface area contributed by atoms with Crippen LogP contribution < -0.4 is 10.9 Å². The van der Waals surface area contributed by atoms with Gasteiger partial charge in [-0.2, -0.15) is 0 Å². The quantitative estimate of drug-likeness (QED) is 0.574. The van der Waals surface area contributed by atoms with Crippen LogP contribution in [0, 0.1) is 5.82 Å². The molecule has 0 bridgehead atoms. The SMILES string of the molecule is O=C(N[C@H](c1ccccc1)c1ccncc1)c1cc(=O)[nH]c2cc(F)ccc12. The van der Waals surface area contributed by atoms with E-state index in [1.807, 2.05) is 42.5 Å². The molecule has 0 aliphatic carbocycles. The first-order valence-corrected chi connectivity index (χ1v) is 8.70. The highest BCUT2D eigenvalue weighted by Crippen LogP contribution is 2.23. The number of aromatic nitrogens is 2. The lowest BCUT2D eigenvalue weighted by molar-refractivity contribution is 0.0944. The molecule has 5 nitrogen and oxygen atoms in total. The first-order valence-electron chi connectivity index (χ1n) is 8.70. The number of rotatable bonds is 4. The highest BCUT2D eigenvalue weighted by molar-refractivity contribution is 6.06. The number of benzene rings is 2. The van der Waals surface area contributed by atoms with Crippen molar-refractivity contribution in [1.82, 2.24) is 15.3 Å². The zero-order chi connectivity index (χ0) is 19.5. The highest BCUT2D eigenvalue weighted by atomic mass is 19.1. The molecular formula is C22H16FN3O2. The minimum atomic E-state index is -0.486. The monoisotopic (exact) mass is 373 g/mol. The second-order valence-electron chi connectivity index (χ2n) is 6.33. The van der Waals surface area contributed by atoms with Crippen LogP contribution in [0.1, 0.15) is 27.5 Å². The van der Waals surface area contributed by atoms with E-state index in [9.17, 15) is 14.0 Å². The van der Waals surface area contributed by atoms with Gasteiger partial charge in [0.2, 0.25) is 5.56 Å². The van der Waals surface area contributed by atoms with Crippen molar-refractivity contribution >= 4 is 16.8 Å². The van der Waals surface area contributed by atoms with Gasteiger partial charge in [0.25, 0.3) is 5.91 Å². The van der Waals surface area contributed by atoms with E-state index in [1.54, 1.807) is 12.4 Å². The molecule has 0 aliphatic rings. The lowest BCUT2D eigenvalue weighted by atomic mass is 9.99. The molecule has 2 heterocycles. The Morgan fingerprint density at radius 3 is 2.43 bits per heavy atom. The van der Waals surface area contributed by atoms with Gasteiger partial charge in [-0.05, 0) is 41.5 Å². The number of hydrogen-bond acceptors (Lipinski definition) is 3. The fourth-order valence-electron chi connectivity index (χ4n) is 3.19. The van der Waals surface area contributed by atoms with Crippen molar-refractivity contribution in [2.45, 2.75) is 6.04 Å². The molecule has 0 unspecified atom stereocenters. The number of fused-ring (bicyclic) bond motifs is 1. The van der Waals surface area contributed by atoms with Crippen molar-refractivity contribution in [2.75, 3.05) is 0 Å². The zero-order valence-corrected chi connectivity index (χ0v) is 14.7. The van der Waals surface area contributed by atoms with Crippen LogP contribution in [-0.4, -0.2) is 15.9 Å². The highest BCUT2D eigenvalue weighted by Gasteiger charge is 2.20. The lowest BCUT2D eigenvalue weighted by Gasteiger charge is -2.20. The van der Waals surface area contributed by atoms with Gasteiger partial charge in [0.1, 0.15) is 5.82 Å². The molecule has 6 heteroatoms. The molecule has 2 aromatic heterocycles. The van der Waals surface area contributed by atoms with Crippen LogP contribution in [0.3, 0.4) is 0 Å². The molecule has 0 aliphatic heterocycles. The summed E-state index contributed by atoms with van der Waals surface area (Å²) in [4.78, 5) is 31.6. The van der Waals surface area contributed by atoms with Gasteiger partial charge in [-0.3, -0.25) is 14.6 Å². The minimum Gasteiger partial charge on any atom is -0.341 e. The zero-order valence-electron chi connectivity index (χ0n) is 14.7. The number of nitrogens with one attached hydrogen (secondary N) is 2. The van der Waals surface area contributed by atoms with E-state index in [-0.39, 0.29) is 11.1 Å². The Morgan fingerprint density at radius 1 is 0.964 bits per heavy atom. The molecule has 2 aromatic carbocycles. The second kappa shape index (κ2) is 7.44. The van der Waals surface area contributed by atoms with E-state index in [4.69, 9.17) is 0 Å². The lowest BCUT2D eigenvalue weighted by Crippen LogP contribution is -2.30. The van der Waals surface area contributed by atoms with Crippen LogP contribution in [0.25, 0.3) is 10.9 Å². The van der Waals surface area contributed by atoms with Gasteiger partial charge in [0.15, 0.2) is 0 Å².